The molecule has 0 saturated heterocycles. The van der Waals surface area contributed by atoms with Gasteiger partial charge in [0.15, 0.2) is 5.16 Å². The summed E-state index contributed by atoms with van der Waals surface area (Å²) in [4.78, 5) is 0. The van der Waals surface area contributed by atoms with Crippen LogP contribution in [-0.2, 0) is 25.3 Å². The molecule has 1 aliphatic rings. The Morgan fingerprint density at radius 2 is 2.10 bits per heavy atom. The zero-order valence-electron chi connectivity index (χ0n) is 11.6. The number of rotatable bonds is 5. The van der Waals surface area contributed by atoms with E-state index in [-0.39, 0.29) is 0 Å². The largest absolute Gasteiger partial charge is 0.329 e. The molecule has 7 nitrogen and oxygen atoms in total. The Labute approximate surface area is 122 Å². The molecule has 8 heteroatoms. The first-order valence-corrected chi connectivity index (χ1v) is 7.92. The molecule has 0 unspecified atom stereocenters. The minimum atomic E-state index is 0.590. The van der Waals surface area contributed by atoms with Crippen molar-refractivity contribution in [3.05, 3.63) is 17.5 Å². The summed E-state index contributed by atoms with van der Waals surface area (Å²) in [5.41, 5.74) is 5.63. The molecule has 0 spiro atoms. The number of nitrogens with zero attached hydrogens (tertiary/aromatic N) is 6. The molecule has 0 aromatic carbocycles. The quantitative estimate of drug-likeness (QED) is 0.819. The number of thioether (sulfide) groups is 1. The van der Waals surface area contributed by atoms with Gasteiger partial charge >= 0.3 is 0 Å². The number of nitrogens with two attached hydrogens (primary N) is 1. The van der Waals surface area contributed by atoms with Crippen molar-refractivity contribution in [1.82, 2.24) is 29.5 Å². The van der Waals surface area contributed by atoms with E-state index < -0.39 is 0 Å². The second kappa shape index (κ2) is 5.92. The average molecular weight is 293 g/mol. The van der Waals surface area contributed by atoms with Crippen molar-refractivity contribution in [3.8, 4) is 0 Å². The van der Waals surface area contributed by atoms with Gasteiger partial charge in [-0.2, -0.15) is 0 Å². The lowest BCUT2D eigenvalue weighted by molar-refractivity contribution is 0.513. The normalized spacial score (nSPS) is 14.5. The molecular formula is C12H19N7S. The molecule has 3 rings (SSSR count). The summed E-state index contributed by atoms with van der Waals surface area (Å²) in [5.74, 6) is 3.83. The third kappa shape index (κ3) is 2.57. The molecular weight excluding hydrogens is 274 g/mol. The van der Waals surface area contributed by atoms with Crippen molar-refractivity contribution in [1.29, 1.82) is 0 Å². The van der Waals surface area contributed by atoms with Gasteiger partial charge in [0.2, 0.25) is 0 Å². The molecule has 0 atom stereocenters. The van der Waals surface area contributed by atoms with Gasteiger partial charge in [0.05, 0.1) is 5.75 Å². The Bertz CT molecular complexity index is 589. The molecule has 1 aliphatic heterocycles. The Morgan fingerprint density at radius 1 is 1.20 bits per heavy atom. The second-order valence-electron chi connectivity index (χ2n) is 4.90. The Balaban J connectivity index is 1.72. The molecule has 0 bridgehead atoms. The molecule has 3 heterocycles. The van der Waals surface area contributed by atoms with Crippen LogP contribution in [0.5, 0.6) is 0 Å². The zero-order chi connectivity index (χ0) is 13.9. The van der Waals surface area contributed by atoms with Gasteiger partial charge in [0, 0.05) is 26.1 Å². The monoisotopic (exact) mass is 293 g/mol. The molecule has 0 radical (unpaired) electrons. The fourth-order valence-electron chi connectivity index (χ4n) is 2.46. The number of fused-ring (bicyclic) bond motifs is 1. The van der Waals surface area contributed by atoms with Gasteiger partial charge in [0.1, 0.15) is 17.5 Å². The van der Waals surface area contributed by atoms with Crippen LogP contribution in [0, 0.1) is 6.92 Å². The van der Waals surface area contributed by atoms with Crippen LogP contribution in [0.25, 0.3) is 0 Å². The van der Waals surface area contributed by atoms with Gasteiger partial charge in [-0.25, -0.2) is 0 Å². The highest BCUT2D eigenvalue weighted by Gasteiger charge is 2.17. The van der Waals surface area contributed by atoms with Crippen LogP contribution in [0.15, 0.2) is 5.16 Å². The maximum atomic E-state index is 5.63. The molecule has 2 N–H and O–H groups in total. The van der Waals surface area contributed by atoms with Crippen molar-refractivity contribution in [2.24, 2.45) is 5.73 Å². The van der Waals surface area contributed by atoms with E-state index in [2.05, 4.69) is 29.5 Å². The molecule has 0 fully saturated rings. The van der Waals surface area contributed by atoms with E-state index in [1.807, 2.05) is 6.92 Å². The predicted octanol–water partition coefficient (Wildman–Crippen LogP) is 0.765. The van der Waals surface area contributed by atoms with Gasteiger partial charge in [-0.15, -0.1) is 20.4 Å². The van der Waals surface area contributed by atoms with E-state index >= 15 is 0 Å². The summed E-state index contributed by atoms with van der Waals surface area (Å²) in [6, 6.07) is 0. The van der Waals surface area contributed by atoms with Gasteiger partial charge in [0.25, 0.3) is 0 Å². The van der Waals surface area contributed by atoms with Crippen molar-refractivity contribution < 1.29 is 0 Å². The van der Waals surface area contributed by atoms with E-state index in [1.165, 1.54) is 12.8 Å². The smallest absolute Gasteiger partial charge is 0.191 e. The zero-order valence-corrected chi connectivity index (χ0v) is 12.4. The molecule has 0 saturated carbocycles. The second-order valence-corrected chi connectivity index (χ2v) is 5.84. The summed E-state index contributed by atoms with van der Waals surface area (Å²) >= 11 is 1.65. The maximum absolute atomic E-state index is 5.63. The predicted molar refractivity (Wildman–Crippen MR) is 76.3 cm³/mol. The van der Waals surface area contributed by atoms with Gasteiger partial charge in [-0.1, -0.05) is 11.8 Å². The van der Waals surface area contributed by atoms with E-state index in [1.54, 1.807) is 11.8 Å². The summed E-state index contributed by atoms with van der Waals surface area (Å²) in [5, 5.41) is 17.8. The van der Waals surface area contributed by atoms with Crippen molar-refractivity contribution in [2.75, 3.05) is 6.54 Å². The first-order valence-electron chi connectivity index (χ1n) is 6.93. The lowest BCUT2D eigenvalue weighted by Gasteiger charge is -2.14. The van der Waals surface area contributed by atoms with Gasteiger partial charge < -0.3 is 14.9 Å². The topological polar surface area (TPSA) is 87.4 Å². The third-order valence-corrected chi connectivity index (χ3v) is 4.48. The highest BCUT2D eigenvalue weighted by Crippen LogP contribution is 2.23. The standard InChI is InChI=1S/C12H19N7S/c1-9-14-17-12(18(9)7-5-13)20-8-11-16-15-10-4-2-3-6-19(10)11/h2-8,13H2,1H3. The van der Waals surface area contributed by atoms with E-state index in [0.29, 0.717) is 6.54 Å². The third-order valence-electron chi connectivity index (χ3n) is 3.52. The molecule has 2 aromatic rings. The Hall–Kier alpha value is -1.41. The van der Waals surface area contributed by atoms with Crippen LogP contribution in [0.4, 0.5) is 0 Å². The summed E-state index contributed by atoms with van der Waals surface area (Å²) in [6.07, 6.45) is 3.47. The van der Waals surface area contributed by atoms with Crippen LogP contribution in [0.1, 0.15) is 30.3 Å². The molecule has 108 valence electrons. The summed E-state index contributed by atoms with van der Waals surface area (Å²) < 4.78 is 4.30. The highest BCUT2D eigenvalue weighted by molar-refractivity contribution is 7.98. The van der Waals surface area contributed by atoms with Gasteiger partial charge in [-0.05, 0) is 19.8 Å². The highest BCUT2D eigenvalue weighted by atomic mass is 32.2. The van der Waals surface area contributed by atoms with E-state index in [9.17, 15) is 0 Å². The Kier molecular flexibility index (Phi) is 4.02. The fourth-order valence-corrected chi connectivity index (χ4v) is 3.41. The van der Waals surface area contributed by atoms with Crippen LogP contribution in [0.3, 0.4) is 0 Å². The summed E-state index contributed by atoms with van der Waals surface area (Å²) in [6.45, 7) is 4.32. The number of aryl methyl sites for hydroxylation is 2. The first-order chi connectivity index (χ1) is 9.79. The van der Waals surface area contributed by atoms with Crippen LogP contribution in [0.2, 0.25) is 0 Å². The number of hydrogen-bond acceptors (Lipinski definition) is 6. The van der Waals surface area contributed by atoms with Crippen molar-refractivity contribution in [3.63, 3.8) is 0 Å². The SMILES string of the molecule is Cc1nnc(SCc2nnc3n2CCCC3)n1CCN. The lowest BCUT2D eigenvalue weighted by atomic mass is 10.2. The molecule has 0 amide bonds. The van der Waals surface area contributed by atoms with Crippen molar-refractivity contribution in [2.45, 2.75) is 50.2 Å². The molecule has 2 aromatic heterocycles. The lowest BCUT2D eigenvalue weighted by Crippen LogP contribution is -2.13. The molecule has 20 heavy (non-hydrogen) atoms. The fraction of sp³-hybridized carbons (Fsp3) is 0.667. The van der Waals surface area contributed by atoms with Crippen LogP contribution < -0.4 is 5.73 Å². The Morgan fingerprint density at radius 3 is 2.95 bits per heavy atom. The van der Waals surface area contributed by atoms with Gasteiger partial charge in [-0.3, -0.25) is 0 Å². The molecule has 0 aliphatic carbocycles. The van der Waals surface area contributed by atoms with Crippen LogP contribution >= 0.6 is 11.8 Å². The number of hydrogen-bond donors (Lipinski definition) is 1. The minimum Gasteiger partial charge on any atom is -0.329 e. The summed E-state index contributed by atoms with van der Waals surface area (Å²) in [7, 11) is 0. The first kappa shape index (κ1) is 13.6. The maximum Gasteiger partial charge on any atom is 0.191 e. The van der Waals surface area contributed by atoms with Crippen molar-refractivity contribution >= 4 is 11.8 Å². The van der Waals surface area contributed by atoms with E-state index in [0.717, 1.165) is 47.9 Å². The van der Waals surface area contributed by atoms with E-state index in [4.69, 9.17) is 5.73 Å². The number of aromatic nitrogens is 6. The minimum absolute atomic E-state index is 0.590. The average Bonchev–Trinajstić information content (AvgIpc) is 3.03. The van der Waals surface area contributed by atoms with Crippen LogP contribution in [-0.4, -0.2) is 36.1 Å².